The number of rotatable bonds is 5. The Kier molecular flexibility index (Phi) is 7.68. The molecule has 4 heteroatoms. The largest absolute Gasteiger partial charge is 0.371 e. The van der Waals surface area contributed by atoms with Crippen molar-refractivity contribution in [3.63, 3.8) is 0 Å². The molecule has 3 heterocycles. The summed E-state index contributed by atoms with van der Waals surface area (Å²) in [4.78, 5) is 8.03. The molecule has 266 valence electrons. The zero-order valence-corrected chi connectivity index (χ0v) is 30.7. The van der Waals surface area contributed by atoms with E-state index in [-0.39, 0.29) is 12.2 Å². The van der Waals surface area contributed by atoms with E-state index in [0.29, 0.717) is 11.8 Å². The third kappa shape index (κ3) is 5.47. The number of nitrogens with zero attached hydrogens (tertiary/aromatic N) is 2. The Bertz CT molecular complexity index is 2580. The number of aliphatic imine (C=N–C) groups is 1. The van der Waals surface area contributed by atoms with E-state index < -0.39 is 0 Å². The topological polar surface area (TPSA) is 39.7 Å². The Morgan fingerprint density at radius 3 is 2.45 bits per heavy atom. The number of nitrogens with one attached hydrogen (secondary N) is 2. The molecule has 55 heavy (non-hydrogen) atoms. The Hall–Kier alpha value is -6.39. The fourth-order valence-corrected chi connectivity index (χ4v) is 9.67. The van der Waals surface area contributed by atoms with Crippen molar-refractivity contribution in [2.24, 2.45) is 16.8 Å². The molecule has 4 atom stereocenters. The number of hydrogen-bond donors (Lipinski definition) is 2. The summed E-state index contributed by atoms with van der Waals surface area (Å²) in [6, 6.07) is 46.0. The highest BCUT2D eigenvalue weighted by molar-refractivity contribution is 6.11. The van der Waals surface area contributed by atoms with E-state index in [2.05, 4.69) is 185 Å². The lowest BCUT2D eigenvalue weighted by molar-refractivity contribution is 0.453. The third-order valence-corrected chi connectivity index (χ3v) is 12.2. The van der Waals surface area contributed by atoms with Gasteiger partial charge >= 0.3 is 0 Å². The monoisotopic (exact) mass is 710 g/mol. The Morgan fingerprint density at radius 2 is 1.53 bits per heavy atom. The molecule has 0 saturated carbocycles. The van der Waals surface area contributed by atoms with Crippen molar-refractivity contribution in [1.29, 1.82) is 0 Å². The van der Waals surface area contributed by atoms with Gasteiger partial charge in [-0.2, -0.15) is 0 Å². The zero-order valence-electron chi connectivity index (χ0n) is 30.7. The average molecular weight is 711 g/mol. The van der Waals surface area contributed by atoms with E-state index in [1.165, 1.54) is 67.2 Å². The number of fused-ring (bicyclic) bond motifs is 6. The first-order valence-electron chi connectivity index (χ1n) is 19.8. The van der Waals surface area contributed by atoms with Crippen LogP contribution in [0.2, 0.25) is 0 Å². The van der Waals surface area contributed by atoms with Crippen LogP contribution in [-0.4, -0.2) is 11.9 Å². The molecule has 4 unspecified atom stereocenters. The van der Waals surface area contributed by atoms with Crippen LogP contribution in [0.4, 0.5) is 17.1 Å². The molecule has 4 nitrogen and oxygen atoms in total. The quantitative estimate of drug-likeness (QED) is 0.191. The van der Waals surface area contributed by atoms with Crippen molar-refractivity contribution in [2.45, 2.75) is 37.9 Å². The lowest BCUT2D eigenvalue weighted by Crippen LogP contribution is -2.42. The van der Waals surface area contributed by atoms with Gasteiger partial charge in [0.15, 0.2) is 0 Å². The highest BCUT2D eigenvalue weighted by Crippen LogP contribution is 2.51. The van der Waals surface area contributed by atoms with Crippen molar-refractivity contribution in [3.8, 4) is 22.3 Å². The van der Waals surface area contributed by atoms with Gasteiger partial charge in [-0.25, -0.2) is 4.99 Å². The summed E-state index contributed by atoms with van der Waals surface area (Å²) in [5.74, 6) is 0.591. The van der Waals surface area contributed by atoms with Gasteiger partial charge in [0.1, 0.15) is 6.17 Å². The van der Waals surface area contributed by atoms with Gasteiger partial charge in [-0.15, -0.1) is 0 Å². The maximum absolute atomic E-state index is 5.38. The molecule has 0 radical (unpaired) electrons. The van der Waals surface area contributed by atoms with Gasteiger partial charge in [-0.1, -0.05) is 151 Å². The van der Waals surface area contributed by atoms with Gasteiger partial charge in [0, 0.05) is 17.4 Å². The van der Waals surface area contributed by atoms with Crippen LogP contribution < -0.4 is 15.5 Å². The smallest absolute Gasteiger partial charge is 0.111 e. The minimum absolute atomic E-state index is 0.0739. The van der Waals surface area contributed by atoms with Gasteiger partial charge in [0.25, 0.3) is 0 Å². The van der Waals surface area contributed by atoms with Crippen molar-refractivity contribution >= 4 is 28.3 Å². The third-order valence-electron chi connectivity index (χ3n) is 12.2. The number of para-hydroxylation sites is 3. The van der Waals surface area contributed by atoms with Gasteiger partial charge in [0.2, 0.25) is 0 Å². The van der Waals surface area contributed by atoms with E-state index in [1.807, 2.05) is 0 Å². The minimum atomic E-state index is -0.0739. The molecular formula is C51H42N4. The zero-order chi connectivity index (χ0) is 36.3. The fraction of sp³-hybridized carbons (Fsp3) is 0.157. The van der Waals surface area contributed by atoms with E-state index in [1.54, 1.807) is 0 Å². The van der Waals surface area contributed by atoms with Crippen molar-refractivity contribution in [3.05, 3.63) is 204 Å². The van der Waals surface area contributed by atoms with E-state index in [0.717, 1.165) is 42.8 Å². The van der Waals surface area contributed by atoms with Crippen molar-refractivity contribution in [1.82, 2.24) is 5.32 Å². The lowest BCUT2D eigenvalue weighted by atomic mass is 9.79. The SMILES string of the molecule is C1=CC(C2NC3=CCCC4=C3N2c2ccccc2-c2ccccc24)CC(C2C=C(C3=Nc4ccccc4NC3c3cccc(-c4ccccc4)c3)C=CC2)=C1. The second kappa shape index (κ2) is 13.2. The molecular weight excluding hydrogens is 669 g/mol. The van der Waals surface area contributed by atoms with E-state index in [9.17, 15) is 0 Å². The molecule has 1 fully saturated rings. The van der Waals surface area contributed by atoms with Gasteiger partial charge in [-0.05, 0) is 88.9 Å². The van der Waals surface area contributed by atoms with Crippen molar-refractivity contribution < 1.29 is 0 Å². The van der Waals surface area contributed by atoms with Crippen LogP contribution in [0.5, 0.6) is 0 Å². The summed E-state index contributed by atoms with van der Waals surface area (Å²) >= 11 is 0. The first-order valence-corrected chi connectivity index (χ1v) is 19.8. The molecule has 0 spiro atoms. The maximum atomic E-state index is 5.38. The Balaban J connectivity index is 0.929. The molecule has 6 aliphatic rings. The summed E-state index contributed by atoms with van der Waals surface area (Å²) < 4.78 is 0. The second-order valence-electron chi connectivity index (χ2n) is 15.4. The molecule has 0 amide bonds. The number of hydrogen-bond acceptors (Lipinski definition) is 4. The van der Waals surface area contributed by atoms with Gasteiger partial charge in [0.05, 0.1) is 40.2 Å². The van der Waals surface area contributed by atoms with Crippen LogP contribution >= 0.6 is 0 Å². The Morgan fingerprint density at radius 1 is 0.727 bits per heavy atom. The Labute approximate surface area is 323 Å². The number of benzene rings is 5. The predicted molar refractivity (Wildman–Crippen MR) is 228 cm³/mol. The summed E-state index contributed by atoms with van der Waals surface area (Å²) in [7, 11) is 0. The fourth-order valence-electron chi connectivity index (χ4n) is 9.67. The van der Waals surface area contributed by atoms with Crippen LogP contribution in [0.25, 0.3) is 27.8 Å². The summed E-state index contributed by atoms with van der Waals surface area (Å²) in [5.41, 5.74) is 18.9. The number of anilines is 2. The van der Waals surface area contributed by atoms with E-state index >= 15 is 0 Å². The molecule has 0 aromatic heterocycles. The molecule has 0 bridgehead atoms. The summed E-state index contributed by atoms with van der Waals surface area (Å²) in [6.07, 6.45) is 20.9. The molecule has 3 aliphatic heterocycles. The molecule has 11 rings (SSSR count). The highest BCUT2D eigenvalue weighted by atomic mass is 15.4. The van der Waals surface area contributed by atoms with Crippen molar-refractivity contribution in [2.75, 3.05) is 10.2 Å². The highest BCUT2D eigenvalue weighted by Gasteiger charge is 2.43. The molecule has 5 aromatic rings. The van der Waals surface area contributed by atoms with E-state index in [4.69, 9.17) is 4.99 Å². The van der Waals surface area contributed by atoms with Gasteiger partial charge < -0.3 is 15.5 Å². The number of allylic oxidation sites excluding steroid dienone is 8. The molecule has 5 aromatic carbocycles. The lowest BCUT2D eigenvalue weighted by Gasteiger charge is -2.35. The molecule has 3 aliphatic carbocycles. The summed E-state index contributed by atoms with van der Waals surface area (Å²) in [5, 5.41) is 7.95. The first kappa shape index (κ1) is 32.1. The van der Waals surface area contributed by atoms with Crippen LogP contribution in [0.3, 0.4) is 0 Å². The average Bonchev–Trinajstić information content (AvgIpc) is 3.61. The first-order chi connectivity index (χ1) is 27.3. The van der Waals surface area contributed by atoms with Crippen LogP contribution in [0.1, 0.15) is 42.9 Å². The minimum Gasteiger partial charge on any atom is -0.371 e. The predicted octanol–water partition coefficient (Wildman–Crippen LogP) is 12.1. The van der Waals surface area contributed by atoms with Crippen LogP contribution in [0.15, 0.2) is 197 Å². The van der Waals surface area contributed by atoms with Gasteiger partial charge in [-0.3, -0.25) is 0 Å². The molecule has 1 saturated heterocycles. The summed E-state index contributed by atoms with van der Waals surface area (Å²) in [6.45, 7) is 0. The molecule has 2 N–H and O–H groups in total. The maximum Gasteiger partial charge on any atom is 0.111 e. The second-order valence-corrected chi connectivity index (χ2v) is 15.4. The standard InChI is InChI=1S/C51H42N4/c1-2-14-33(15-3-1)34-16-10-19-37(30-34)48-49(53-45-27-8-7-26-44(45)52-48)38-20-11-17-35(31-38)36-18-12-21-39(32-36)51-54-46-28-13-25-43-41-23-5-4-22-40(41)42-24-6-9-29-47(42)55(51)50(43)46/h1-12,14-16,18-24,26-31,35,39,48,51-52,54H,13,17,25,32H2. The van der Waals surface area contributed by atoms with Crippen LogP contribution in [0, 0.1) is 11.8 Å². The van der Waals surface area contributed by atoms with Crippen LogP contribution in [-0.2, 0) is 0 Å². The normalized spacial score (nSPS) is 23.1.